The molecule has 0 aromatic carbocycles. The summed E-state index contributed by atoms with van der Waals surface area (Å²) in [5, 5.41) is 6.92. The molecule has 1 saturated heterocycles. The molecule has 0 radical (unpaired) electrons. The van der Waals surface area contributed by atoms with Gasteiger partial charge in [0.15, 0.2) is 0 Å². The highest BCUT2D eigenvalue weighted by Crippen LogP contribution is 2.21. The molecule has 1 fully saturated rings. The first-order valence-electron chi connectivity index (χ1n) is 3.59. The van der Waals surface area contributed by atoms with Gasteiger partial charge in [0.1, 0.15) is 0 Å². The van der Waals surface area contributed by atoms with Crippen LogP contribution in [0.2, 0.25) is 0 Å². The average molecular weight is 218 g/mol. The number of aromatic nitrogens is 2. The zero-order valence-electron chi connectivity index (χ0n) is 5.88. The van der Waals surface area contributed by atoms with Gasteiger partial charge in [-0.2, -0.15) is 4.98 Å². The maximum atomic E-state index is 4.98. The molecule has 1 aliphatic heterocycles. The molecule has 1 aliphatic rings. The summed E-state index contributed by atoms with van der Waals surface area (Å²) in [6.07, 6.45) is 2.28. The van der Waals surface area contributed by atoms with Gasteiger partial charge in [0.25, 0.3) is 0 Å². The van der Waals surface area contributed by atoms with Gasteiger partial charge >= 0.3 is 0 Å². The van der Waals surface area contributed by atoms with Crippen LogP contribution in [0.3, 0.4) is 0 Å². The van der Waals surface area contributed by atoms with Crippen molar-refractivity contribution in [2.24, 2.45) is 0 Å². The first-order valence-corrected chi connectivity index (χ1v) is 4.38. The highest BCUT2D eigenvalue weighted by atomic mass is 79.9. The van der Waals surface area contributed by atoms with Crippen LogP contribution in [0, 0.1) is 0 Å². The van der Waals surface area contributed by atoms with Crippen molar-refractivity contribution in [3.05, 3.63) is 10.6 Å². The lowest BCUT2D eigenvalue weighted by Gasteiger charge is -2.00. The van der Waals surface area contributed by atoms with Crippen LogP contribution in [-0.4, -0.2) is 16.7 Å². The number of rotatable bonds is 1. The first-order chi connectivity index (χ1) is 5.36. The Labute approximate surface area is 72.5 Å². The van der Waals surface area contributed by atoms with Crippen LogP contribution in [0.5, 0.6) is 0 Å². The summed E-state index contributed by atoms with van der Waals surface area (Å²) in [6, 6.07) is 0.272. The normalized spacial score (nSPS) is 24.3. The van der Waals surface area contributed by atoms with E-state index in [2.05, 4.69) is 31.4 Å². The number of hydrogen-bond donors (Lipinski definition) is 1. The van der Waals surface area contributed by atoms with Crippen molar-refractivity contribution in [2.75, 3.05) is 6.54 Å². The lowest BCUT2D eigenvalue weighted by molar-refractivity contribution is 0.342. The summed E-state index contributed by atoms with van der Waals surface area (Å²) in [6.45, 7) is 1.05. The standard InChI is InChI=1S/C6H8BrN3O/c7-6-9-5(11-10-6)4-2-1-3-8-4/h4,8H,1-3H2. The van der Waals surface area contributed by atoms with Gasteiger partial charge in [0, 0.05) is 0 Å². The van der Waals surface area contributed by atoms with Crippen molar-refractivity contribution in [3.8, 4) is 0 Å². The molecule has 0 bridgehead atoms. The van der Waals surface area contributed by atoms with Gasteiger partial charge in [-0.15, -0.1) is 0 Å². The third-order valence-electron chi connectivity index (χ3n) is 1.78. The Bertz CT molecular complexity index is 244. The third kappa shape index (κ3) is 1.44. The summed E-state index contributed by atoms with van der Waals surface area (Å²) in [5.74, 6) is 0.689. The zero-order chi connectivity index (χ0) is 7.68. The number of nitrogens with one attached hydrogen (secondary N) is 1. The Hall–Kier alpha value is -0.420. The van der Waals surface area contributed by atoms with Crippen LogP contribution in [0.25, 0.3) is 0 Å². The fraction of sp³-hybridized carbons (Fsp3) is 0.667. The molecule has 0 aliphatic carbocycles. The van der Waals surface area contributed by atoms with E-state index in [4.69, 9.17) is 4.52 Å². The minimum Gasteiger partial charge on any atom is -0.337 e. The van der Waals surface area contributed by atoms with Crippen molar-refractivity contribution in [1.82, 2.24) is 15.5 Å². The Kier molecular flexibility index (Phi) is 1.91. The molecule has 1 aromatic rings. The van der Waals surface area contributed by atoms with E-state index in [1.807, 2.05) is 0 Å². The lowest BCUT2D eigenvalue weighted by atomic mass is 10.2. The van der Waals surface area contributed by atoms with Gasteiger partial charge in [-0.05, 0) is 40.5 Å². The maximum absolute atomic E-state index is 4.98. The molecule has 0 spiro atoms. The quantitative estimate of drug-likeness (QED) is 0.770. The largest absolute Gasteiger partial charge is 0.337 e. The fourth-order valence-electron chi connectivity index (χ4n) is 1.25. The molecule has 2 rings (SSSR count). The molecule has 11 heavy (non-hydrogen) atoms. The SMILES string of the molecule is Brc1noc(C2CCCN2)n1. The molecule has 1 unspecified atom stereocenters. The van der Waals surface area contributed by atoms with Gasteiger partial charge in [-0.3, -0.25) is 0 Å². The Morgan fingerprint density at radius 2 is 2.55 bits per heavy atom. The van der Waals surface area contributed by atoms with E-state index in [1.54, 1.807) is 0 Å². The highest BCUT2D eigenvalue weighted by Gasteiger charge is 2.21. The molecular formula is C6H8BrN3O. The Morgan fingerprint density at radius 1 is 1.64 bits per heavy atom. The minimum absolute atomic E-state index is 0.272. The van der Waals surface area contributed by atoms with Crippen LogP contribution in [0.1, 0.15) is 24.8 Å². The molecule has 60 valence electrons. The Balaban J connectivity index is 2.15. The average Bonchev–Trinajstić information content (AvgIpc) is 2.55. The number of halogens is 1. The maximum Gasteiger partial charge on any atom is 0.244 e. The van der Waals surface area contributed by atoms with Gasteiger partial charge in [-0.25, -0.2) is 0 Å². The lowest BCUT2D eigenvalue weighted by Crippen LogP contribution is -2.12. The zero-order valence-corrected chi connectivity index (χ0v) is 7.47. The summed E-state index contributed by atoms with van der Waals surface area (Å²) in [7, 11) is 0. The molecular weight excluding hydrogens is 210 g/mol. The van der Waals surface area contributed by atoms with Crippen molar-refractivity contribution in [1.29, 1.82) is 0 Å². The molecule has 5 heteroatoms. The third-order valence-corrected chi connectivity index (χ3v) is 2.10. The monoisotopic (exact) mass is 217 g/mol. The van der Waals surface area contributed by atoms with Crippen molar-refractivity contribution >= 4 is 15.9 Å². The topological polar surface area (TPSA) is 51.0 Å². The van der Waals surface area contributed by atoms with Gasteiger partial charge in [0.2, 0.25) is 10.6 Å². The van der Waals surface area contributed by atoms with Crippen LogP contribution >= 0.6 is 15.9 Å². The second kappa shape index (κ2) is 2.91. The highest BCUT2D eigenvalue weighted by molar-refractivity contribution is 9.10. The van der Waals surface area contributed by atoms with Crippen LogP contribution in [-0.2, 0) is 0 Å². The first kappa shape index (κ1) is 7.24. The van der Waals surface area contributed by atoms with Crippen molar-refractivity contribution in [2.45, 2.75) is 18.9 Å². The van der Waals surface area contributed by atoms with E-state index in [0.717, 1.165) is 13.0 Å². The Morgan fingerprint density at radius 3 is 3.09 bits per heavy atom. The van der Waals surface area contributed by atoms with E-state index in [0.29, 0.717) is 10.6 Å². The van der Waals surface area contributed by atoms with Crippen molar-refractivity contribution < 1.29 is 4.52 Å². The van der Waals surface area contributed by atoms with Crippen LogP contribution in [0.15, 0.2) is 9.26 Å². The van der Waals surface area contributed by atoms with E-state index >= 15 is 0 Å². The number of nitrogens with zero attached hydrogens (tertiary/aromatic N) is 2. The van der Waals surface area contributed by atoms with Crippen molar-refractivity contribution in [3.63, 3.8) is 0 Å². The predicted molar refractivity (Wildman–Crippen MR) is 42.0 cm³/mol. The summed E-state index contributed by atoms with van der Waals surface area (Å²) in [4.78, 5) is 4.07. The van der Waals surface area contributed by atoms with E-state index in [1.165, 1.54) is 6.42 Å². The molecule has 1 N–H and O–H groups in total. The van der Waals surface area contributed by atoms with Gasteiger partial charge < -0.3 is 9.84 Å². The summed E-state index contributed by atoms with van der Waals surface area (Å²) in [5.41, 5.74) is 0. The summed E-state index contributed by atoms with van der Waals surface area (Å²) >= 11 is 3.14. The van der Waals surface area contributed by atoms with Gasteiger partial charge in [-0.1, -0.05) is 0 Å². The fourth-order valence-corrected chi connectivity index (χ4v) is 1.50. The van der Waals surface area contributed by atoms with E-state index in [9.17, 15) is 0 Å². The molecule has 0 saturated carbocycles. The second-order valence-electron chi connectivity index (χ2n) is 2.55. The summed E-state index contributed by atoms with van der Waals surface area (Å²) < 4.78 is 5.51. The smallest absolute Gasteiger partial charge is 0.244 e. The minimum atomic E-state index is 0.272. The molecule has 1 aromatic heterocycles. The molecule has 0 amide bonds. The van der Waals surface area contributed by atoms with E-state index < -0.39 is 0 Å². The van der Waals surface area contributed by atoms with Crippen LogP contribution in [0.4, 0.5) is 0 Å². The van der Waals surface area contributed by atoms with Gasteiger partial charge in [0.05, 0.1) is 6.04 Å². The molecule has 1 atom stereocenters. The predicted octanol–water partition coefficient (Wildman–Crippen LogP) is 1.26. The molecule has 2 heterocycles. The van der Waals surface area contributed by atoms with E-state index in [-0.39, 0.29) is 6.04 Å². The molecule has 4 nitrogen and oxygen atoms in total. The second-order valence-corrected chi connectivity index (χ2v) is 3.26. The van der Waals surface area contributed by atoms with Crippen LogP contribution < -0.4 is 5.32 Å². The number of hydrogen-bond acceptors (Lipinski definition) is 4.